The Morgan fingerprint density at radius 1 is 1.25 bits per heavy atom. The van der Waals surface area contributed by atoms with E-state index in [-0.39, 0.29) is 0 Å². The largest absolute Gasteiger partial charge is 0.368 e. The molecule has 5 nitrogen and oxygen atoms in total. The van der Waals surface area contributed by atoms with Crippen LogP contribution in [0.1, 0.15) is 45.4 Å². The average Bonchev–Trinajstić information content (AvgIpc) is 2.63. The molecule has 1 aliphatic rings. The first-order valence-electron chi connectivity index (χ1n) is 7.69. The second-order valence-corrected chi connectivity index (χ2v) is 5.99. The zero-order chi connectivity index (χ0) is 13.9. The van der Waals surface area contributed by atoms with E-state index in [4.69, 9.17) is 4.98 Å². The fraction of sp³-hybridized carbons (Fsp3) is 0.667. The standard InChI is InChI=1S/C15H23N5/c1-11(2)7-8-16-14-13-15(18-10-17-14)20-9-5-3-4-6-12(20)19-13/h10-11H,3-9H2,1-2H3,(H,16,17,18). The number of fused-ring (bicyclic) bond motifs is 3. The van der Waals surface area contributed by atoms with Gasteiger partial charge in [0.2, 0.25) is 0 Å². The Morgan fingerprint density at radius 3 is 3.00 bits per heavy atom. The summed E-state index contributed by atoms with van der Waals surface area (Å²) in [6.07, 6.45) is 7.58. The summed E-state index contributed by atoms with van der Waals surface area (Å²) >= 11 is 0. The number of aryl methyl sites for hydroxylation is 2. The molecule has 3 heterocycles. The predicted octanol–water partition coefficient (Wildman–Crippen LogP) is 3.01. The monoisotopic (exact) mass is 273 g/mol. The van der Waals surface area contributed by atoms with Crippen LogP contribution in [-0.2, 0) is 13.0 Å². The Labute approximate surface area is 119 Å². The van der Waals surface area contributed by atoms with Gasteiger partial charge in [0, 0.05) is 19.5 Å². The van der Waals surface area contributed by atoms with Crippen LogP contribution in [0.2, 0.25) is 0 Å². The first-order chi connectivity index (χ1) is 9.75. The molecule has 0 bridgehead atoms. The highest BCUT2D eigenvalue weighted by Gasteiger charge is 2.17. The van der Waals surface area contributed by atoms with Gasteiger partial charge in [-0.3, -0.25) is 0 Å². The molecular formula is C15H23N5. The van der Waals surface area contributed by atoms with Gasteiger partial charge < -0.3 is 9.88 Å². The molecule has 0 aromatic carbocycles. The minimum atomic E-state index is 0.693. The third kappa shape index (κ3) is 2.62. The summed E-state index contributed by atoms with van der Waals surface area (Å²) in [6, 6.07) is 0. The molecule has 2 aromatic rings. The van der Waals surface area contributed by atoms with Crippen LogP contribution >= 0.6 is 0 Å². The van der Waals surface area contributed by atoms with Gasteiger partial charge in [0.15, 0.2) is 17.0 Å². The van der Waals surface area contributed by atoms with E-state index in [1.165, 1.54) is 25.1 Å². The summed E-state index contributed by atoms with van der Waals surface area (Å²) in [5, 5.41) is 3.42. The lowest BCUT2D eigenvalue weighted by Crippen LogP contribution is -2.07. The number of rotatable bonds is 4. The topological polar surface area (TPSA) is 55.6 Å². The van der Waals surface area contributed by atoms with Crippen LogP contribution in [0.4, 0.5) is 5.82 Å². The third-order valence-corrected chi connectivity index (χ3v) is 3.91. The lowest BCUT2D eigenvalue weighted by molar-refractivity contribution is 0.607. The molecule has 0 amide bonds. The van der Waals surface area contributed by atoms with E-state index < -0.39 is 0 Å². The van der Waals surface area contributed by atoms with Crippen molar-refractivity contribution in [1.29, 1.82) is 0 Å². The van der Waals surface area contributed by atoms with E-state index in [0.29, 0.717) is 5.92 Å². The molecule has 0 fully saturated rings. The molecule has 1 N–H and O–H groups in total. The van der Waals surface area contributed by atoms with Crippen molar-refractivity contribution in [1.82, 2.24) is 19.5 Å². The first kappa shape index (κ1) is 13.3. The molecule has 0 aliphatic carbocycles. The molecule has 5 heteroatoms. The van der Waals surface area contributed by atoms with Crippen molar-refractivity contribution in [3.8, 4) is 0 Å². The van der Waals surface area contributed by atoms with E-state index in [1.54, 1.807) is 6.33 Å². The van der Waals surface area contributed by atoms with E-state index in [1.807, 2.05) is 0 Å². The zero-order valence-electron chi connectivity index (χ0n) is 12.4. The van der Waals surface area contributed by atoms with Crippen LogP contribution < -0.4 is 5.32 Å². The van der Waals surface area contributed by atoms with Crippen molar-refractivity contribution in [2.24, 2.45) is 5.92 Å². The number of aromatic nitrogens is 4. The second-order valence-electron chi connectivity index (χ2n) is 5.99. The van der Waals surface area contributed by atoms with Crippen molar-refractivity contribution in [2.45, 2.75) is 52.5 Å². The van der Waals surface area contributed by atoms with Gasteiger partial charge >= 0.3 is 0 Å². The van der Waals surface area contributed by atoms with Crippen LogP contribution in [0.5, 0.6) is 0 Å². The van der Waals surface area contributed by atoms with Crippen LogP contribution in [0, 0.1) is 5.92 Å². The minimum absolute atomic E-state index is 0.693. The van der Waals surface area contributed by atoms with Gasteiger partial charge in [-0.1, -0.05) is 20.3 Å². The maximum Gasteiger partial charge on any atom is 0.165 e. The SMILES string of the molecule is CC(C)CCNc1ncnc2c1nc1n2CCCCC1. The van der Waals surface area contributed by atoms with Gasteiger partial charge in [-0.15, -0.1) is 0 Å². The highest BCUT2D eigenvalue weighted by Crippen LogP contribution is 2.24. The Bertz CT molecular complexity index is 587. The van der Waals surface area contributed by atoms with Crippen LogP contribution in [-0.4, -0.2) is 26.1 Å². The van der Waals surface area contributed by atoms with Crippen molar-refractivity contribution >= 4 is 17.0 Å². The molecule has 0 unspecified atom stereocenters. The molecule has 0 spiro atoms. The summed E-state index contributed by atoms with van der Waals surface area (Å²) < 4.78 is 2.28. The number of nitrogens with zero attached hydrogens (tertiary/aromatic N) is 4. The van der Waals surface area contributed by atoms with E-state index >= 15 is 0 Å². The Kier molecular flexibility index (Phi) is 3.85. The molecule has 0 saturated heterocycles. The minimum Gasteiger partial charge on any atom is -0.368 e. The molecule has 108 valence electrons. The van der Waals surface area contributed by atoms with Crippen molar-refractivity contribution < 1.29 is 0 Å². The molecule has 20 heavy (non-hydrogen) atoms. The lowest BCUT2D eigenvalue weighted by Gasteiger charge is -2.08. The fourth-order valence-corrected chi connectivity index (χ4v) is 2.75. The zero-order valence-corrected chi connectivity index (χ0v) is 12.4. The highest BCUT2D eigenvalue weighted by atomic mass is 15.2. The van der Waals surface area contributed by atoms with Gasteiger partial charge in [0.25, 0.3) is 0 Å². The van der Waals surface area contributed by atoms with Gasteiger partial charge in [0.1, 0.15) is 12.2 Å². The van der Waals surface area contributed by atoms with Crippen LogP contribution in [0.25, 0.3) is 11.2 Å². The lowest BCUT2D eigenvalue weighted by atomic mass is 10.1. The summed E-state index contributed by atoms with van der Waals surface area (Å²) in [6.45, 7) is 6.44. The Morgan fingerprint density at radius 2 is 2.15 bits per heavy atom. The second kappa shape index (κ2) is 5.77. The first-order valence-corrected chi connectivity index (χ1v) is 7.69. The maximum atomic E-state index is 4.79. The average molecular weight is 273 g/mol. The fourth-order valence-electron chi connectivity index (χ4n) is 2.75. The van der Waals surface area contributed by atoms with E-state index in [2.05, 4.69) is 33.7 Å². The smallest absolute Gasteiger partial charge is 0.165 e. The molecule has 0 radical (unpaired) electrons. The molecule has 1 aliphatic heterocycles. The molecule has 3 rings (SSSR count). The number of anilines is 1. The van der Waals surface area contributed by atoms with Crippen molar-refractivity contribution in [3.63, 3.8) is 0 Å². The molecule has 0 saturated carbocycles. The predicted molar refractivity (Wildman–Crippen MR) is 80.8 cm³/mol. The normalized spacial score (nSPS) is 15.3. The number of imidazole rings is 1. The summed E-state index contributed by atoms with van der Waals surface area (Å²) in [4.78, 5) is 13.6. The van der Waals surface area contributed by atoms with Crippen LogP contribution in [0.15, 0.2) is 6.33 Å². The van der Waals surface area contributed by atoms with Gasteiger partial charge in [-0.25, -0.2) is 15.0 Å². The van der Waals surface area contributed by atoms with Crippen LogP contribution in [0.3, 0.4) is 0 Å². The van der Waals surface area contributed by atoms with E-state index in [9.17, 15) is 0 Å². The van der Waals surface area contributed by atoms with Crippen molar-refractivity contribution in [2.75, 3.05) is 11.9 Å². The number of nitrogens with one attached hydrogen (secondary N) is 1. The summed E-state index contributed by atoms with van der Waals surface area (Å²) in [5.74, 6) is 2.75. The number of hydrogen-bond donors (Lipinski definition) is 1. The van der Waals surface area contributed by atoms with Gasteiger partial charge in [-0.05, 0) is 25.2 Å². The number of hydrogen-bond acceptors (Lipinski definition) is 4. The van der Waals surface area contributed by atoms with Gasteiger partial charge in [-0.2, -0.15) is 0 Å². The quantitative estimate of drug-likeness (QED) is 0.930. The molecular weight excluding hydrogens is 250 g/mol. The van der Waals surface area contributed by atoms with Gasteiger partial charge in [0.05, 0.1) is 0 Å². The Balaban J connectivity index is 1.90. The summed E-state index contributed by atoms with van der Waals surface area (Å²) in [5.41, 5.74) is 1.93. The Hall–Kier alpha value is -1.65. The molecule has 2 aromatic heterocycles. The highest BCUT2D eigenvalue weighted by molar-refractivity contribution is 5.83. The molecule has 0 atom stereocenters. The summed E-state index contributed by atoms with van der Waals surface area (Å²) in [7, 11) is 0. The maximum absolute atomic E-state index is 4.79. The van der Waals surface area contributed by atoms with E-state index in [0.717, 1.165) is 42.9 Å². The van der Waals surface area contributed by atoms with Crippen molar-refractivity contribution in [3.05, 3.63) is 12.2 Å². The third-order valence-electron chi connectivity index (χ3n) is 3.91.